The van der Waals surface area contributed by atoms with E-state index in [0.29, 0.717) is 11.4 Å². The summed E-state index contributed by atoms with van der Waals surface area (Å²) in [6.07, 6.45) is 0.100. The van der Waals surface area contributed by atoms with Crippen molar-refractivity contribution in [1.29, 1.82) is 0 Å². The number of aromatic amines is 1. The van der Waals surface area contributed by atoms with Gasteiger partial charge in [-0.1, -0.05) is 103 Å². The normalized spacial score (nSPS) is 23.6. The highest BCUT2D eigenvalue weighted by atomic mass is 32.1. The van der Waals surface area contributed by atoms with Crippen LogP contribution in [0.5, 0.6) is 0 Å². The standard InChI is InChI=1S/C32H33N3O4S/c1-31(2)38-28-24(37-27(29(28)39-31)23-18-35-26(25(23)33)30(34)40)19-36-32(20-12-6-3-7-13-20,21-14-8-4-9-15-21)22-16-10-5-11-17-22/h3-18,24,27-29,35H,19,33H2,1-2H3,(H2,34,40)/t24-,27+,28-,29+/m1/s1. The Kier molecular flexibility index (Phi) is 6.98. The maximum Gasteiger partial charge on any atom is 0.164 e. The molecule has 0 radical (unpaired) electrons. The van der Waals surface area contributed by atoms with Gasteiger partial charge in [-0.3, -0.25) is 0 Å². The number of thiocarbonyl (C=S) groups is 1. The number of fused-ring (bicyclic) bond motifs is 1. The van der Waals surface area contributed by atoms with Gasteiger partial charge in [0.2, 0.25) is 0 Å². The smallest absolute Gasteiger partial charge is 0.164 e. The topological polar surface area (TPSA) is 105 Å². The molecule has 1 aromatic heterocycles. The second kappa shape index (κ2) is 10.5. The summed E-state index contributed by atoms with van der Waals surface area (Å²) in [4.78, 5) is 3.28. The molecule has 206 valence electrons. The molecule has 40 heavy (non-hydrogen) atoms. The quantitative estimate of drug-likeness (QED) is 0.203. The highest BCUT2D eigenvalue weighted by Gasteiger charge is 2.56. The molecule has 4 atom stereocenters. The number of H-pyrrole nitrogens is 1. The Hall–Kier alpha value is -3.53. The number of rotatable bonds is 8. The number of nitrogens with one attached hydrogen (secondary N) is 1. The van der Waals surface area contributed by atoms with Crippen LogP contribution >= 0.6 is 12.2 Å². The first kappa shape index (κ1) is 26.7. The first-order chi connectivity index (χ1) is 19.3. The SMILES string of the molecule is CC1(C)O[C@@H]2[C@H](O1)[C@@H](COC(c1ccccc1)(c1ccccc1)c1ccccc1)O[C@H]2c1c[nH]c(C(N)=S)c1N. The molecule has 5 N–H and O–H groups in total. The summed E-state index contributed by atoms with van der Waals surface area (Å²) in [5.41, 5.74) is 16.2. The van der Waals surface area contributed by atoms with Crippen LogP contribution in [0.1, 0.15) is 47.9 Å². The molecule has 8 heteroatoms. The molecule has 2 aliphatic rings. The minimum Gasteiger partial charge on any atom is -0.397 e. The molecule has 7 nitrogen and oxygen atoms in total. The van der Waals surface area contributed by atoms with Crippen LogP contribution in [0.2, 0.25) is 0 Å². The van der Waals surface area contributed by atoms with Crippen molar-refractivity contribution >= 4 is 22.9 Å². The first-order valence-electron chi connectivity index (χ1n) is 13.4. The summed E-state index contributed by atoms with van der Waals surface area (Å²) in [6.45, 7) is 4.05. The molecule has 0 aliphatic carbocycles. The van der Waals surface area contributed by atoms with Crippen LogP contribution in [0, 0.1) is 0 Å². The van der Waals surface area contributed by atoms with Crippen LogP contribution in [-0.4, -0.2) is 40.7 Å². The fourth-order valence-electron chi connectivity index (χ4n) is 5.93. The zero-order valence-corrected chi connectivity index (χ0v) is 23.3. The third-order valence-electron chi connectivity index (χ3n) is 7.66. The first-order valence-corrected chi connectivity index (χ1v) is 13.8. The zero-order chi connectivity index (χ0) is 27.9. The third-order valence-corrected chi connectivity index (χ3v) is 7.86. The van der Waals surface area contributed by atoms with Crippen molar-refractivity contribution in [2.75, 3.05) is 12.3 Å². The van der Waals surface area contributed by atoms with Crippen LogP contribution in [0.3, 0.4) is 0 Å². The van der Waals surface area contributed by atoms with Crippen molar-refractivity contribution in [1.82, 2.24) is 4.98 Å². The Bertz CT molecular complexity index is 1380. The predicted octanol–water partition coefficient (Wildman–Crippen LogP) is 5.20. The van der Waals surface area contributed by atoms with Gasteiger partial charge in [-0.25, -0.2) is 0 Å². The van der Waals surface area contributed by atoms with Crippen LogP contribution in [0.15, 0.2) is 97.2 Å². The summed E-state index contributed by atoms with van der Waals surface area (Å²) < 4.78 is 26.4. The van der Waals surface area contributed by atoms with Crippen molar-refractivity contribution < 1.29 is 18.9 Å². The summed E-state index contributed by atoms with van der Waals surface area (Å²) >= 11 is 5.16. The average molecular weight is 556 g/mol. The van der Waals surface area contributed by atoms with Gasteiger partial charge in [0.05, 0.1) is 18.0 Å². The highest BCUT2D eigenvalue weighted by Crippen LogP contribution is 2.48. The summed E-state index contributed by atoms with van der Waals surface area (Å²) in [7, 11) is 0. The average Bonchev–Trinajstić information content (AvgIpc) is 3.61. The molecule has 2 fully saturated rings. The number of benzene rings is 3. The number of hydrogen-bond donors (Lipinski definition) is 3. The summed E-state index contributed by atoms with van der Waals surface area (Å²) in [5, 5.41) is 0. The number of nitrogen functional groups attached to an aromatic ring is 1. The third kappa shape index (κ3) is 4.62. The van der Waals surface area contributed by atoms with E-state index in [9.17, 15) is 0 Å². The van der Waals surface area contributed by atoms with E-state index in [4.69, 9.17) is 42.6 Å². The van der Waals surface area contributed by atoms with E-state index in [-0.39, 0.29) is 23.8 Å². The van der Waals surface area contributed by atoms with Gasteiger partial charge in [0.25, 0.3) is 0 Å². The molecule has 4 aromatic rings. The van der Waals surface area contributed by atoms with Gasteiger partial charge >= 0.3 is 0 Å². The van der Waals surface area contributed by atoms with Crippen LogP contribution < -0.4 is 11.5 Å². The van der Waals surface area contributed by atoms with E-state index in [1.807, 2.05) is 68.4 Å². The van der Waals surface area contributed by atoms with Crippen molar-refractivity contribution in [2.24, 2.45) is 5.73 Å². The Balaban J connectivity index is 1.39. The minimum atomic E-state index is -0.887. The second-order valence-corrected chi connectivity index (χ2v) is 11.1. The lowest BCUT2D eigenvalue weighted by molar-refractivity contribution is -0.196. The van der Waals surface area contributed by atoms with Gasteiger partial charge in [-0.05, 0) is 30.5 Å². The predicted molar refractivity (Wildman–Crippen MR) is 158 cm³/mol. The summed E-state index contributed by atoms with van der Waals surface area (Å²) in [6, 6.07) is 30.8. The lowest BCUT2D eigenvalue weighted by atomic mass is 9.80. The van der Waals surface area contributed by atoms with Crippen molar-refractivity contribution in [3.05, 3.63) is 125 Å². The van der Waals surface area contributed by atoms with Crippen molar-refractivity contribution in [2.45, 2.75) is 49.7 Å². The lowest BCUT2D eigenvalue weighted by Gasteiger charge is -2.37. The maximum atomic E-state index is 7.07. The number of aromatic nitrogens is 1. The Morgan fingerprint density at radius 2 is 1.38 bits per heavy atom. The molecule has 2 saturated heterocycles. The van der Waals surface area contributed by atoms with Crippen molar-refractivity contribution in [3.8, 4) is 0 Å². The van der Waals surface area contributed by atoms with E-state index >= 15 is 0 Å². The second-order valence-electron chi connectivity index (χ2n) is 10.6. The fraction of sp³-hybridized carbons (Fsp3) is 0.281. The maximum absolute atomic E-state index is 7.07. The number of nitrogens with two attached hydrogens (primary N) is 2. The molecule has 0 spiro atoms. The van der Waals surface area contributed by atoms with Crippen LogP contribution in [-0.2, 0) is 24.5 Å². The van der Waals surface area contributed by atoms with E-state index in [0.717, 1.165) is 22.3 Å². The Morgan fingerprint density at radius 3 is 1.85 bits per heavy atom. The zero-order valence-electron chi connectivity index (χ0n) is 22.5. The van der Waals surface area contributed by atoms with Gasteiger partial charge in [0.1, 0.15) is 35.0 Å². The minimum absolute atomic E-state index is 0.195. The Labute approximate surface area is 239 Å². The molecular formula is C32H33N3O4S. The van der Waals surface area contributed by atoms with Crippen LogP contribution in [0.25, 0.3) is 0 Å². The van der Waals surface area contributed by atoms with Gasteiger partial charge in [0.15, 0.2) is 5.79 Å². The molecule has 0 amide bonds. The lowest BCUT2D eigenvalue weighted by Crippen LogP contribution is -2.39. The van der Waals surface area contributed by atoms with Gasteiger partial charge in [0, 0.05) is 11.8 Å². The molecule has 3 heterocycles. The monoisotopic (exact) mass is 555 g/mol. The van der Waals surface area contributed by atoms with Crippen molar-refractivity contribution in [3.63, 3.8) is 0 Å². The van der Waals surface area contributed by atoms with E-state index < -0.39 is 23.6 Å². The van der Waals surface area contributed by atoms with Gasteiger partial charge < -0.3 is 35.4 Å². The summed E-state index contributed by atoms with van der Waals surface area (Å²) in [5.74, 6) is -0.790. The van der Waals surface area contributed by atoms with E-state index in [1.54, 1.807) is 6.20 Å². The molecular weight excluding hydrogens is 522 g/mol. The van der Waals surface area contributed by atoms with Crippen LogP contribution in [0.4, 0.5) is 5.69 Å². The van der Waals surface area contributed by atoms with E-state index in [2.05, 4.69) is 41.4 Å². The molecule has 2 aliphatic heterocycles. The highest BCUT2D eigenvalue weighted by molar-refractivity contribution is 7.80. The number of ether oxygens (including phenoxy) is 4. The fourth-order valence-corrected chi connectivity index (χ4v) is 6.10. The molecule has 0 saturated carbocycles. The number of anilines is 1. The van der Waals surface area contributed by atoms with Gasteiger partial charge in [-0.2, -0.15) is 0 Å². The molecule has 0 unspecified atom stereocenters. The Morgan fingerprint density at radius 1 is 0.875 bits per heavy atom. The van der Waals surface area contributed by atoms with E-state index in [1.165, 1.54) is 0 Å². The van der Waals surface area contributed by atoms with Gasteiger partial charge in [-0.15, -0.1) is 0 Å². The largest absolute Gasteiger partial charge is 0.397 e. The molecule has 6 rings (SSSR count). The number of hydrogen-bond acceptors (Lipinski definition) is 6. The molecule has 3 aromatic carbocycles. The molecule has 0 bridgehead atoms.